The van der Waals surface area contributed by atoms with Crippen molar-refractivity contribution in [1.82, 2.24) is 5.32 Å². The first-order chi connectivity index (χ1) is 7.50. The maximum absolute atomic E-state index is 11.0. The second-order valence-corrected chi connectivity index (χ2v) is 3.42. The van der Waals surface area contributed by atoms with Crippen molar-refractivity contribution in [2.45, 2.75) is 12.8 Å². The van der Waals surface area contributed by atoms with Gasteiger partial charge in [0.25, 0.3) is 0 Å². The van der Waals surface area contributed by atoms with Crippen LogP contribution in [0.3, 0.4) is 0 Å². The van der Waals surface area contributed by atoms with Crippen molar-refractivity contribution >= 4 is 11.9 Å². The van der Waals surface area contributed by atoms with Crippen LogP contribution in [0.4, 0.5) is 0 Å². The average Bonchev–Trinajstić information content (AvgIpc) is 2.17. The van der Waals surface area contributed by atoms with Crippen LogP contribution in [0.5, 0.6) is 5.75 Å². The third kappa shape index (κ3) is 3.27. The zero-order valence-electron chi connectivity index (χ0n) is 8.80. The van der Waals surface area contributed by atoms with Crippen LogP contribution in [0, 0.1) is 0 Å². The first-order valence-electron chi connectivity index (χ1n) is 4.77. The Hall–Kier alpha value is -2.04. The van der Waals surface area contributed by atoms with Gasteiger partial charge >= 0.3 is 5.97 Å². The smallest absolute Gasteiger partial charge is 0.312 e. The number of carbonyl (C=O) groups is 2. The number of phenolic OH excluding ortho intramolecular Hbond substituents is 1. The molecule has 1 aromatic carbocycles. The third-order valence-corrected chi connectivity index (χ3v) is 2.13. The number of hydrogen-bond acceptors (Lipinski definition) is 3. The van der Waals surface area contributed by atoms with Crippen LogP contribution in [-0.4, -0.2) is 28.6 Å². The molecule has 1 aromatic rings. The molecule has 0 aromatic heterocycles. The van der Waals surface area contributed by atoms with E-state index in [9.17, 15) is 14.7 Å². The lowest BCUT2D eigenvalue weighted by Crippen LogP contribution is -2.29. The number of rotatable bonds is 4. The van der Waals surface area contributed by atoms with Crippen molar-refractivity contribution < 1.29 is 19.8 Å². The minimum Gasteiger partial charge on any atom is -0.508 e. The molecule has 0 aliphatic rings. The van der Waals surface area contributed by atoms with E-state index in [1.165, 1.54) is 19.1 Å². The van der Waals surface area contributed by atoms with E-state index in [2.05, 4.69) is 5.32 Å². The fourth-order valence-electron chi connectivity index (χ4n) is 1.34. The minimum absolute atomic E-state index is 0.00609. The van der Waals surface area contributed by atoms with Gasteiger partial charge in [-0.05, 0) is 17.7 Å². The summed E-state index contributed by atoms with van der Waals surface area (Å²) in [4.78, 5) is 21.7. The van der Waals surface area contributed by atoms with Gasteiger partial charge in [0.2, 0.25) is 5.91 Å². The second kappa shape index (κ2) is 5.16. The van der Waals surface area contributed by atoms with Gasteiger partial charge in [-0.3, -0.25) is 9.59 Å². The highest BCUT2D eigenvalue weighted by Gasteiger charge is 2.20. The monoisotopic (exact) mass is 223 g/mol. The molecule has 0 bridgehead atoms. The molecule has 0 radical (unpaired) electrons. The predicted octanol–water partition coefficient (Wildman–Crippen LogP) is 0.696. The highest BCUT2D eigenvalue weighted by molar-refractivity contribution is 5.78. The van der Waals surface area contributed by atoms with E-state index in [-0.39, 0.29) is 18.2 Å². The van der Waals surface area contributed by atoms with Gasteiger partial charge in [-0.1, -0.05) is 12.1 Å². The number of nitrogens with one attached hydrogen (secondary N) is 1. The SMILES string of the molecule is CC(=O)NCC(C(=O)O)c1cccc(O)c1. The Kier molecular flexibility index (Phi) is 3.88. The highest BCUT2D eigenvalue weighted by Crippen LogP contribution is 2.19. The summed E-state index contributed by atoms with van der Waals surface area (Å²) in [5, 5.41) is 20.7. The molecule has 1 amide bonds. The average molecular weight is 223 g/mol. The molecule has 1 rings (SSSR count). The maximum atomic E-state index is 11.0. The molecule has 0 saturated carbocycles. The highest BCUT2D eigenvalue weighted by atomic mass is 16.4. The molecular formula is C11H13NO4. The molecular weight excluding hydrogens is 210 g/mol. The van der Waals surface area contributed by atoms with Crippen LogP contribution >= 0.6 is 0 Å². The van der Waals surface area contributed by atoms with Gasteiger partial charge in [0.05, 0.1) is 5.92 Å². The summed E-state index contributed by atoms with van der Waals surface area (Å²) in [6, 6.07) is 6.00. The number of aliphatic carboxylic acids is 1. The zero-order valence-corrected chi connectivity index (χ0v) is 8.80. The summed E-state index contributed by atoms with van der Waals surface area (Å²) in [6.45, 7) is 1.33. The van der Waals surface area contributed by atoms with Gasteiger partial charge in [0.1, 0.15) is 5.75 Å². The number of aromatic hydroxyl groups is 1. The Morgan fingerprint density at radius 2 is 2.12 bits per heavy atom. The molecule has 1 unspecified atom stereocenters. The molecule has 0 heterocycles. The largest absolute Gasteiger partial charge is 0.508 e. The summed E-state index contributed by atoms with van der Waals surface area (Å²) in [7, 11) is 0. The van der Waals surface area contributed by atoms with E-state index in [1.807, 2.05) is 0 Å². The van der Waals surface area contributed by atoms with Crippen LogP contribution in [0.25, 0.3) is 0 Å². The minimum atomic E-state index is -1.04. The van der Waals surface area contributed by atoms with E-state index >= 15 is 0 Å². The third-order valence-electron chi connectivity index (χ3n) is 2.13. The number of carboxylic acid groups (broad SMARTS) is 1. The van der Waals surface area contributed by atoms with Crippen molar-refractivity contribution in [1.29, 1.82) is 0 Å². The van der Waals surface area contributed by atoms with Crippen LogP contribution in [0.2, 0.25) is 0 Å². The van der Waals surface area contributed by atoms with Crippen LogP contribution in [0.1, 0.15) is 18.4 Å². The van der Waals surface area contributed by atoms with Gasteiger partial charge in [-0.2, -0.15) is 0 Å². The van der Waals surface area contributed by atoms with Crippen molar-refractivity contribution in [2.75, 3.05) is 6.54 Å². The van der Waals surface area contributed by atoms with Crippen LogP contribution < -0.4 is 5.32 Å². The number of hydrogen-bond donors (Lipinski definition) is 3. The number of amides is 1. The Morgan fingerprint density at radius 1 is 1.44 bits per heavy atom. The first-order valence-corrected chi connectivity index (χ1v) is 4.77. The molecule has 16 heavy (non-hydrogen) atoms. The topological polar surface area (TPSA) is 86.6 Å². The Balaban J connectivity index is 2.85. The van der Waals surface area contributed by atoms with Gasteiger partial charge in [-0.15, -0.1) is 0 Å². The Bertz CT molecular complexity index is 403. The normalized spacial score (nSPS) is 11.8. The number of benzene rings is 1. The maximum Gasteiger partial charge on any atom is 0.312 e. The van der Waals surface area contributed by atoms with E-state index in [4.69, 9.17) is 5.11 Å². The quantitative estimate of drug-likeness (QED) is 0.701. The van der Waals surface area contributed by atoms with Crippen LogP contribution in [-0.2, 0) is 9.59 Å². The number of carbonyl (C=O) groups excluding carboxylic acids is 1. The van der Waals surface area contributed by atoms with E-state index in [1.54, 1.807) is 12.1 Å². The molecule has 3 N–H and O–H groups in total. The lowest BCUT2D eigenvalue weighted by atomic mass is 9.99. The molecule has 0 aliphatic heterocycles. The fourth-order valence-corrected chi connectivity index (χ4v) is 1.34. The second-order valence-electron chi connectivity index (χ2n) is 3.42. The van der Waals surface area contributed by atoms with Gasteiger partial charge in [-0.25, -0.2) is 0 Å². The summed E-state index contributed by atoms with van der Waals surface area (Å²) in [5.74, 6) is -2.17. The number of phenols is 1. The van der Waals surface area contributed by atoms with E-state index in [0.717, 1.165) is 0 Å². The molecule has 86 valence electrons. The van der Waals surface area contributed by atoms with Crippen molar-refractivity contribution in [2.24, 2.45) is 0 Å². The molecule has 0 fully saturated rings. The first kappa shape index (κ1) is 12.0. The zero-order chi connectivity index (χ0) is 12.1. The van der Waals surface area contributed by atoms with Gasteiger partial charge in [0, 0.05) is 13.5 Å². The lowest BCUT2D eigenvalue weighted by Gasteiger charge is -2.13. The number of carboxylic acids is 1. The summed E-state index contributed by atoms with van der Waals surface area (Å²) < 4.78 is 0. The predicted molar refractivity (Wildman–Crippen MR) is 57.2 cm³/mol. The molecule has 0 saturated heterocycles. The summed E-state index contributed by atoms with van der Waals surface area (Å²) in [6.07, 6.45) is 0. The van der Waals surface area contributed by atoms with Gasteiger partial charge in [0.15, 0.2) is 0 Å². The summed E-state index contributed by atoms with van der Waals surface area (Å²) in [5.41, 5.74) is 0.459. The molecule has 5 heteroatoms. The van der Waals surface area contributed by atoms with E-state index in [0.29, 0.717) is 5.56 Å². The summed E-state index contributed by atoms with van der Waals surface area (Å²) >= 11 is 0. The standard InChI is InChI=1S/C11H13NO4/c1-7(13)12-6-10(11(15)16)8-3-2-4-9(14)5-8/h2-5,10,14H,6H2,1H3,(H,12,13)(H,15,16). The molecule has 1 atom stereocenters. The van der Waals surface area contributed by atoms with Gasteiger partial charge < -0.3 is 15.5 Å². The fraction of sp³-hybridized carbons (Fsp3) is 0.273. The van der Waals surface area contributed by atoms with Crippen molar-refractivity contribution in [3.8, 4) is 5.75 Å². The van der Waals surface area contributed by atoms with Crippen LogP contribution in [0.15, 0.2) is 24.3 Å². The lowest BCUT2D eigenvalue weighted by molar-refractivity contribution is -0.138. The molecule has 0 spiro atoms. The molecule has 0 aliphatic carbocycles. The van der Waals surface area contributed by atoms with E-state index < -0.39 is 11.9 Å². The van der Waals surface area contributed by atoms with Crippen molar-refractivity contribution in [3.05, 3.63) is 29.8 Å². The Labute approximate surface area is 92.7 Å². The molecule has 5 nitrogen and oxygen atoms in total. The Morgan fingerprint density at radius 3 is 2.62 bits per heavy atom. The van der Waals surface area contributed by atoms with Crippen molar-refractivity contribution in [3.63, 3.8) is 0 Å².